The first kappa shape index (κ1) is 34.9. The van der Waals surface area contributed by atoms with Crippen LogP contribution >= 0.6 is 0 Å². The summed E-state index contributed by atoms with van der Waals surface area (Å²) in [5.41, 5.74) is 3.11. The van der Waals surface area contributed by atoms with E-state index in [-0.39, 0.29) is 16.9 Å². The van der Waals surface area contributed by atoms with Crippen molar-refractivity contribution in [1.29, 1.82) is 0 Å². The number of rotatable bonds is 19. The second-order valence-corrected chi connectivity index (χ2v) is 10.6. The third kappa shape index (κ3) is 10.8. The molecule has 0 unspecified atom stereocenters. The summed E-state index contributed by atoms with van der Waals surface area (Å²) in [6, 6.07) is 17.1. The summed E-state index contributed by atoms with van der Waals surface area (Å²) in [5, 5.41) is 9.74. The Balaban J connectivity index is 1.41. The molecular weight excluding hydrogens is 576 g/mol. The summed E-state index contributed by atoms with van der Waals surface area (Å²) < 4.78 is 15.5. The van der Waals surface area contributed by atoms with Crippen molar-refractivity contribution >= 4 is 23.5 Å². The SMILES string of the molecule is C=C(C(=O)OC)c1ccc(OOCCCCCCc2ccc(OC(=O)c3ccc(CCCCC)cc3)c(C(=O)O)c2)c(OC)c1. The lowest BCUT2D eigenvalue weighted by molar-refractivity contribution is -0.208. The molecule has 0 heterocycles. The number of aromatic carboxylic acids is 1. The Morgan fingerprint density at radius 2 is 1.38 bits per heavy atom. The van der Waals surface area contributed by atoms with Gasteiger partial charge in [0.15, 0.2) is 5.75 Å². The number of carbonyl (C=O) groups is 3. The molecule has 0 bridgehead atoms. The van der Waals surface area contributed by atoms with Crippen molar-refractivity contribution in [2.24, 2.45) is 0 Å². The third-order valence-electron chi connectivity index (χ3n) is 7.27. The molecule has 0 atom stereocenters. The van der Waals surface area contributed by atoms with E-state index >= 15 is 0 Å². The van der Waals surface area contributed by atoms with Crippen LogP contribution in [0.1, 0.15) is 89.3 Å². The zero-order valence-electron chi connectivity index (χ0n) is 26.3. The highest BCUT2D eigenvalue weighted by Crippen LogP contribution is 2.31. The lowest BCUT2D eigenvalue weighted by atomic mass is 10.0. The van der Waals surface area contributed by atoms with Gasteiger partial charge in [0.1, 0.15) is 11.3 Å². The number of ether oxygens (including phenoxy) is 3. The number of benzene rings is 3. The molecule has 240 valence electrons. The summed E-state index contributed by atoms with van der Waals surface area (Å²) in [7, 11) is 2.78. The van der Waals surface area contributed by atoms with Gasteiger partial charge in [-0.2, -0.15) is 4.89 Å². The van der Waals surface area contributed by atoms with Crippen molar-refractivity contribution in [3.63, 3.8) is 0 Å². The molecule has 0 aromatic heterocycles. The van der Waals surface area contributed by atoms with Gasteiger partial charge in [-0.1, -0.05) is 63.5 Å². The van der Waals surface area contributed by atoms with Crippen LogP contribution in [0.3, 0.4) is 0 Å². The molecule has 0 saturated carbocycles. The molecule has 0 fully saturated rings. The van der Waals surface area contributed by atoms with Crippen LogP contribution in [0.25, 0.3) is 5.57 Å². The van der Waals surface area contributed by atoms with Crippen LogP contribution in [0.2, 0.25) is 0 Å². The Kier molecular flexibility index (Phi) is 14.1. The Morgan fingerprint density at radius 3 is 2.07 bits per heavy atom. The minimum Gasteiger partial charge on any atom is -0.493 e. The Bertz CT molecular complexity index is 1440. The minimum atomic E-state index is -1.15. The Hall–Kier alpha value is -4.63. The molecule has 0 aliphatic rings. The highest BCUT2D eigenvalue weighted by molar-refractivity contribution is 6.15. The number of carboxylic acid groups (broad SMARTS) is 1. The first-order valence-corrected chi connectivity index (χ1v) is 15.2. The fourth-order valence-electron chi connectivity index (χ4n) is 4.65. The number of unbranched alkanes of at least 4 members (excludes halogenated alkanes) is 5. The molecule has 45 heavy (non-hydrogen) atoms. The van der Waals surface area contributed by atoms with Crippen LogP contribution in [0, 0.1) is 0 Å². The van der Waals surface area contributed by atoms with E-state index in [0.717, 1.165) is 62.5 Å². The van der Waals surface area contributed by atoms with Gasteiger partial charge < -0.3 is 24.2 Å². The third-order valence-corrected chi connectivity index (χ3v) is 7.27. The maximum absolute atomic E-state index is 12.7. The fourth-order valence-corrected chi connectivity index (χ4v) is 4.65. The summed E-state index contributed by atoms with van der Waals surface area (Å²) in [4.78, 5) is 47.0. The van der Waals surface area contributed by atoms with E-state index in [4.69, 9.17) is 24.0 Å². The van der Waals surface area contributed by atoms with Gasteiger partial charge >= 0.3 is 17.9 Å². The molecule has 9 nitrogen and oxygen atoms in total. The predicted octanol–water partition coefficient (Wildman–Crippen LogP) is 7.65. The summed E-state index contributed by atoms with van der Waals surface area (Å²) >= 11 is 0. The first-order valence-electron chi connectivity index (χ1n) is 15.2. The number of hydrogen-bond acceptors (Lipinski definition) is 8. The average Bonchev–Trinajstić information content (AvgIpc) is 3.06. The van der Waals surface area contributed by atoms with Crippen LogP contribution in [0.15, 0.2) is 67.2 Å². The standard InChI is InChI=1S/C36H42O9/c1-5-6-9-12-26-14-17-28(18-15-26)36(40)44-31-20-16-27(23-30(31)34(37)38)13-10-7-8-11-22-43-45-32-21-19-29(24-33(32)41-3)25(2)35(39)42-4/h14-21,23-24H,2,5-13,22H2,1,3-4H3,(H,37,38). The summed E-state index contributed by atoms with van der Waals surface area (Å²) in [6.07, 6.45) is 8.46. The maximum atomic E-state index is 12.7. The van der Waals surface area contributed by atoms with Crippen LogP contribution in [-0.4, -0.2) is 43.8 Å². The quantitative estimate of drug-likeness (QED) is 0.0361. The minimum absolute atomic E-state index is 0.0279. The van der Waals surface area contributed by atoms with E-state index in [1.54, 1.807) is 48.5 Å². The zero-order chi connectivity index (χ0) is 32.6. The number of carbonyl (C=O) groups excluding carboxylic acids is 2. The van der Waals surface area contributed by atoms with Gasteiger partial charge in [0.2, 0.25) is 5.75 Å². The van der Waals surface area contributed by atoms with Gasteiger partial charge in [-0.05, 0) is 85.2 Å². The second kappa shape index (κ2) is 18.2. The van der Waals surface area contributed by atoms with Crippen molar-refractivity contribution in [2.75, 3.05) is 20.8 Å². The molecule has 3 aromatic carbocycles. The monoisotopic (exact) mass is 618 g/mol. The molecule has 0 aliphatic carbocycles. The predicted molar refractivity (Wildman–Crippen MR) is 171 cm³/mol. The van der Waals surface area contributed by atoms with Crippen LogP contribution in [0.4, 0.5) is 0 Å². The molecule has 1 N–H and O–H groups in total. The molecule has 3 aromatic rings. The van der Waals surface area contributed by atoms with Gasteiger partial charge in [-0.25, -0.2) is 14.4 Å². The molecule has 0 amide bonds. The van der Waals surface area contributed by atoms with E-state index in [0.29, 0.717) is 35.7 Å². The largest absolute Gasteiger partial charge is 0.493 e. The molecular formula is C36H42O9. The van der Waals surface area contributed by atoms with Gasteiger partial charge in [-0.15, -0.1) is 0 Å². The molecule has 9 heteroatoms. The van der Waals surface area contributed by atoms with E-state index in [9.17, 15) is 19.5 Å². The topological polar surface area (TPSA) is 118 Å². The smallest absolute Gasteiger partial charge is 0.343 e. The molecule has 0 spiro atoms. The highest BCUT2D eigenvalue weighted by atomic mass is 17.2. The van der Waals surface area contributed by atoms with Crippen molar-refractivity contribution in [3.05, 3.63) is 95.1 Å². The van der Waals surface area contributed by atoms with Crippen molar-refractivity contribution in [1.82, 2.24) is 0 Å². The fraction of sp³-hybridized carbons (Fsp3) is 0.361. The Labute approximate surface area is 264 Å². The van der Waals surface area contributed by atoms with Crippen molar-refractivity contribution in [3.8, 4) is 17.2 Å². The van der Waals surface area contributed by atoms with Crippen molar-refractivity contribution < 1.29 is 43.5 Å². The average molecular weight is 619 g/mol. The lowest BCUT2D eigenvalue weighted by Crippen LogP contribution is -2.12. The summed E-state index contributed by atoms with van der Waals surface area (Å²) in [6.45, 7) is 6.25. The number of hydrogen-bond donors (Lipinski definition) is 1. The number of methoxy groups -OCH3 is 2. The first-order chi connectivity index (χ1) is 21.8. The van der Waals surface area contributed by atoms with Gasteiger partial charge in [-0.3, -0.25) is 0 Å². The molecule has 3 rings (SSSR count). The van der Waals surface area contributed by atoms with Crippen molar-refractivity contribution in [2.45, 2.75) is 64.7 Å². The summed E-state index contributed by atoms with van der Waals surface area (Å²) in [5.74, 6) is -1.47. The number of aryl methyl sites for hydroxylation is 2. The number of carboxylic acids is 1. The van der Waals surface area contributed by atoms with E-state index in [1.807, 2.05) is 12.1 Å². The van der Waals surface area contributed by atoms with E-state index < -0.39 is 17.9 Å². The van der Waals surface area contributed by atoms with Gasteiger partial charge in [0, 0.05) is 0 Å². The van der Waals surface area contributed by atoms with Crippen LogP contribution in [0.5, 0.6) is 17.2 Å². The molecule has 0 saturated heterocycles. The lowest BCUT2D eigenvalue weighted by Gasteiger charge is -2.11. The van der Waals surface area contributed by atoms with Gasteiger partial charge in [0.25, 0.3) is 0 Å². The highest BCUT2D eigenvalue weighted by Gasteiger charge is 2.17. The van der Waals surface area contributed by atoms with Crippen LogP contribution < -0.4 is 14.4 Å². The zero-order valence-corrected chi connectivity index (χ0v) is 26.3. The molecule has 0 aliphatic heterocycles. The Morgan fingerprint density at radius 1 is 0.733 bits per heavy atom. The van der Waals surface area contributed by atoms with Crippen LogP contribution in [-0.2, 0) is 27.3 Å². The maximum Gasteiger partial charge on any atom is 0.343 e. The molecule has 0 radical (unpaired) electrons. The van der Waals surface area contributed by atoms with Gasteiger partial charge in [0.05, 0.1) is 32.0 Å². The normalized spacial score (nSPS) is 10.6. The second-order valence-electron chi connectivity index (χ2n) is 10.6. The van der Waals surface area contributed by atoms with E-state index in [1.165, 1.54) is 14.2 Å². The van der Waals surface area contributed by atoms with E-state index in [2.05, 4.69) is 13.5 Å². The number of esters is 2.